The highest BCUT2D eigenvalue weighted by molar-refractivity contribution is 7.92. The molecule has 1 N–H and O–H groups in total. The van der Waals surface area contributed by atoms with Gasteiger partial charge in [-0.25, -0.2) is 13.1 Å². The molecular weight excluding hydrogens is 198 g/mol. The Bertz CT molecular complexity index is 278. The lowest BCUT2D eigenvalue weighted by molar-refractivity contribution is 0.303. The number of nitrogens with one attached hydrogen (secondary N) is 1. The quantitative estimate of drug-likeness (QED) is 0.783. The summed E-state index contributed by atoms with van der Waals surface area (Å²) in [7, 11) is -3.25. The molecule has 0 bridgehead atoms. The highest BCUT2D eigenvalue weighted by atomic mass is 32.2. The van der Waals surface area contributed by atoms with E-state index in [4.69, 9.17) is 0 Å². The van der Waals surface area contributed by atoms with Crippen LogP contribution in [0.2, 0.25) is 0 Å². The van der Waals surface area contributed by atoms with E-state index in [0.29, 0.717) is 5.92 Å². The second kappa shape index (κ2) is 4.94. The van der Waals surface area contributed by atoms with Crippen molar-refractivity contribution in [2.24, 2.45) is 5.92 Å². The van der Waals surface area contributed by atoms with Crippen LogP contribution in [0.25, 0.3) is 0 Å². The molecule has 0 amide bonds. The predicted octanol–water partition coefficient (Wildman–Crippen LogP) is 2.02. The van der Waals surface area contributed by atoms with Crippen LogP contribution in [-0.4, -0.2) is 14.5 Å². The van der Waals surface area contributed by atoms with Crippen LogP contribution >= 0.6 is 0 Å². The van der Waals surface area contributed by atoms with E-state index in [-0.39, 0.29) is 6.04 Å². The van der Waals surface area contributed by atoms with Crippen LogP contribution in [0, 0.1) is 5.92 Å². The van der Waals surface area contributed by atoms with Gasteiger partial charge in [-0.3, -0.25) is 0 Å². The maximum absolute atomic E-state index is 11.2. The Balaban J connectivity index is 2.48. The molecule has 0 unspecified atom stereocenters. The van der Waals surface area contributed by atoms with Gasteiger partial charge in [0, 0.05) is 11.4 Å². The Morgan fingerprint density at radius 1 is 1.36 bits per heavy atom. The fraction of sp³-hybridized carbons (Fsp3) is 0.800. The van der Waals surface area contributed by atoms with Gasteiger partial charge in [0.25, 0.3) is 0 Å². The van der Waals surface area contributed by atoms with E-state index >= 15 is 0 Å². The molecule has 0 aromatic heterocycles. The van der Waals surface area contributed by atoms with E-state index in [0.717, 1.165) is 18.2 Å². The highest BCUT2D eigenvalue weighted by Gasteiger charge is 2.22. The van der Waals surface area contributed by atoms with Crippen molar-refractivity contribution in [2.75, 3.05) is 0 Å². The van der Waals surface area contributed by atoms with Crippen molar-refractivity contribution in [3.05, 3.63) is 12.0 Å². The summed E-state index contributed by atoms with van der Waals surface area (Å²) in [6.45, 7) is 5.22. The Morgan fingerprint density at radius 2 is 1.93 bits per heavy atom. The number of rotatable bonds is 4. The van der Waals surface area contributed by atoms with E-state index in [1.165, 1.54) is 19.3 Å². The average molecular weight is 217 g/mol. The molecule has 0 aromatic rings. The molecule has 1 aliphatic rings. The first kappa shape index (κ1) is 11.7. The normalized spacial score (nSPS) is 21.8. The highest BCUT2D eigenvalue weighted by Crippen LogP contribution is 2.26. The molecule has 0 radical (unpaired) electrons. The molecular formula is C10H19NO2S. The lowest BCUT2D eigenvalue weighted by Crippen LogP contribution is -2.37. The Labute approximate surface area is 86.6 Å². The average Bonchev–Trinajstić information content (AvgIpc) is 2.19. The van der Waals surface area contributed by atoms with Crippen LogP contribution in [0.1, 0.15) is 39.0 Å². The van der Waals surface area contributed by atoms with Gasteiger partial charge in [-0.1, -0.05) is 25.8 Å². The fourth-order valence-corrected chi connectivity index (χ4v) is 2.84. The number of hydrogen-bond acceptors (Lipinski definition) is 2. The van der Waals surface area contributed by atoms with Crippen LogP contribution in [0.4, 0.5) is 0 Å². The fourth-order valence-electron chi connectivity index (χ4n) is 2.04. The standard InChI is InChI=1S/C10H19NO2S/c1-3-14(12,13)11-9(2)10-7-5-4-6-8-10/h3,9-11H,1,4-8H2,2H3/t9-/m0/s1. The van der Waals surface area contributed by atoms with Gasteiger partial charge in [0.05, 0.1) is 0 Å². The second-order valence-electron chi connectivity index (χ2n) is 4.02. The molecule has 1 aliphatic carbocycles. The Morgan fingerprint density at radius 3 is 2.43 bits per heavy atom. The lowest BCUT2D eigenvalue weighted by Gasteiger charge is -2.27. The van der Waals surface area contributed by atoms with E-state index < -0.39 is 10.0 Å². The largest absolute Gasteiger partial charge is 0.233 e. The third-order valence-corrected chi connectivity index (χ3v) is 4.07. The first-order chi connectivity index (χ1) is 6.55. The third kappa shape index (κ3) is 3.42. The minimum absolute atomic E-state index is 0.0401. The van der Waals surface area contributed by atoms with E-state index in [1.54, 1.807) is 0 Å². The third-order valence-electron chi connectivity index (χ3n) is 2.93. The lowest BCUT2D eigenvalue weighted by atomic mass is 9.85. The number of hydrogen-bond donors (Lipinski definition) is 1. The minimum atomic E-state index is -3.25. The smallest absolute Gasteiger partial charge is 0.209 e. The van der Waals surface area contributed by atoms with Crippen molar-refractivity contribution >= 4 is 10.0 Å². The predicted molar refractivity (Wildman–Crippen MR) is 58.3 cm³/mol. The summed E-state index contributed by atoms with van der Waals surface area (Å²) in [5, 5.41) is 0.978. The molecule has 82 valence electrons. The van der Waals surface area contributed by atoms with Crippen LogP contribution in [-0.2, 0) is 10.0 Å². The SMILES string of the molecule is C=CS(=O)(=O)N[C@@H](C)C1CCCCC1. The zero-order chi connectivity index (χ0) is 10.6. The second-order valence-corrected chi connectivity index (χ2v) is 5.68. The summed E-state index contributed by atoms with van der Waals surface area (Å²) >= 11 is 0. The molecule has 14 heavy (non-hydrogen) atoms. The van der Waals surface area contributed by atoms with Gasteiger partial charge < -0.3 is 0 Å². The summed E-state index contributed by atoms with van der Waals surface area (Å²) < 4.78 is 25.1. The first-order valence-corrected chi connectivity index (χ1v) is 6.74. The first-order valence-electron chi connectivity index (χ1n) is 5.20. The van der Waals surface area contributed by atoms with E-state index in [9.17, 15) is 8.42 Å². The Hall–Kier alpha value is -0.350. The van der Waals surface area contributed by atoms with Crippen LogP contribution in [0.15, 0.2) is 12.0 Å². The number of sulfonamides is 1. The molecule has 0 aliphatic heterocycles. The summed E-state index contributed by atoms with van der Waals surface area (Å²) in [4.78, 5) is 0. The summed E-state index contributed by atoms with van der Waals surface area (Å²) in [6.07, 6.45) is 6.02. The maximum atomic E-state index is 11.2. The summed E-state index contributed by atoms with van der Waals surface area (Å²) in [5.41, 5.74) is 0. The van der Waals surface area contributed by atoms with Gasteiger partial charge in [-0.2, -0.15) is 0 Å². The van der Waals surface area contributed by atoms with Gasteiger partial charge >= 0.3 is 0 Å². The van der Waals surface area contributed by atoms with Gasteiger partial charge in [-0.05, 0) is 25.7 Å². The summed E-state index contributed by atoms with van der Waals surface area (Å²) in [6, 6.07) is 0.0401. The zero-order valence-corrected chi connectivity index (χ0v) is 9.52. The van der Waals surface area contributed by atoms with Crippen LogP contribution in [0.3, 0.4) is 0 Å². The van der Waals surface area contributed by atoms with Gasteiger partial charge in [0.15, 0.2) is 0 Å². The Kier molecular flexibility index (Phi) is 4.13. The molecule has 0 spiro atoms. The summed E-state index contributed by atoms with van der Waals surface area (Å²) in [5.74, 6) is 0.499. The minimum Gasteiger partial charge on any atom is -0.209 e. The van der Waals surface area contributed by atoms with Crippen molar-refractivity contribution < 1.29 is 8.42 Å². The maximum Gasteiger partial charge on any atom is 0.233 e. The van der Waals surface area contributed by atoms with Crippen LogP contribution in [0.5, 0.6) is 0 Å². The monoisotopic (exact) mass is 217 g/mol. The van der Waals surface area contributed by atoms with Gasteiger partial charge in [0.2, 0.25) is 10.0 Å². The molecule has 3 nitrogen and oxygen atoms in total. The van der Waals surface area contributed by atoms with Crippen molar-refractivity contribution in [1.29, 1.82) is 0 Å². The molecule has 1 saturated carbocycles. The topological polar surface area (TPSA) is 46.2 Å². The van der Waals surface area contributed by atoms with Crippen molar-refractivity contribution in [1.82, 2.24) is 4.72 Å². The molecule has 0 aromatic carbocycles. The molecule has 1 fully saturated rings. The molecule has 0 heterocycles. The molecule has 1 rings (SSSR count). The molecule has 1 atom stereocenters. The van der Waals surface area contributed by atoms with Gasteiger partial charge in [0.1, 0.15) is 0 Å². The van der Waals surface area contributed by atoms with Crippen molar-refractivity contribution in [3.8, 4) is 0 Å². The van der Waals surface area contributed by atoms with Crippen LogP contribution < -0.4 is 4.72 Å². The van der Waals surface area contributed by atoms with E-state index in [1.807, 2.05) is 6.92 Å². The van der Waals surface area contributed by atoms with Crippen molar-refractivity contribution in [2.45, 2.75) is 45.1 Å². The van der Waals surface area contributed by atoms with Crippen molar-refractivity contribution in [3.63, 3.8) is 0 Å². The van der Waals surface area contributed by atoms with E-state index in [2.05, 4.69) is 11.3 Å². The zero-order valence-electron chi connectivity index (χ0n) is 8.70. The van der Waals surface area contributed by atoms with Gasteiger partial charge in [-0.15, -0.1) is 0 Å². The molecule has 0 saturated heterocycles. The molecule has 4 heteroatoms.